The lowest BCUT2D eigenvalue weighted by Crippen LogP contribution is -2.43. The lowest BCUT2D eigenvalue weighted by atomic mass is 9.55. The van der Waals surface area contributed by atoms with Crippen LogP contribution in [0.5, 0.6) is 5.75 Å². The van der Waals surface area contributed by atoms with Gasteiger partial charge in [0.05, 0.1) is 6.10 Å². The van der Waals surface area contributed by atoms with Crippen molar-refractivity contribution in [3.63, 3.8) is 0 Å². The molecule has 1 aromatic carbocycles. The molecule has 4 rings (SSSR count). The van der Waals surface area contributed by atoms with Crippen molar-refractivity contribution in [3.8, 4) is 5.75 Å². The molecule has 4 nitrogen and oxygen atoms in total. The fourth-order valence-corrected chi connectivity index (χ4v) is 6.67. The number of rotatable bonds is 5. The normalized spacial score (nSPS) is 32.8. The van der Waals surface area contributed by atoms with E-state index >= 15 is 0 Å². The van der Waals surface area contributed by atoms with Crippen molar-refractivity contribution >= 4 is 29.3 Å². The van der Waals surface area contributed by atoms with Gasteiger partial charge in [0.15, 0.2) is 0 Å². The number of aryl methyl sites for hydroxylation is 1. The zero-order valence-corrected chi connectivity index (χ0v) is 18.6. The highest BCUT2D eigenvalue weighted by molar-refractivity contribution is 6.18. The predicted octanol–water partition coefficient (Wildman–Crippen LogP) is 5.18. The maximum atomic E-state index is 12.4. The molecule has 5 atom stereocenters. The van der Waals surface area contributed by atoms with E-state index in [0.29, 0.717) is 48.4 Å². The number of aliphatic hydroxyl groups excluding tert-OH is 1. The van der Waals surface area contributed by atoms with Gasteiger partial charge in [0, 0.05) is 24.8 Å². The monoisotopic (exact) mass is 439 g/mol. The highest BCUT2D eigenvalue weighted by atomic mass is 35.5. The molecule has 1 N–H and O–H groups in total. The topological polar surface area (TPSA) is 49.8 Å². The molecule has 2 saturated carbocycles. The van der Waals surface area contributed by atoms with Crippen molar-refractivity contribution in [1.82, 2.24) is 4.90 Å². The second kappa shape index (κ2) is 8.64. The van der Waals surface area contributed by atoms with Crippen LogP contribution >= 0.6 is 23.2 Å². The number of carbonyl (C=O) groups is 1. The summed E-state index contributed by atoms with van der Waals surface area (Å²) in [5, 5.41) is 10.5. The molecule has 0 aliphatic heterocycles. The van der Waals surface area contributed by atoms with Crippen molar-refractivity contribution < 1.29 is 14.6 Å². The summed E-state index contributed by atoms with van der Waals surface area (Å²) in [7, 11) is 0. The van der Waals surface area contributed by atoms with E-state index in [2.05, 4.69) is 13.0 Å². The summed E-state index contributed by atoms with van der Waals surface area (Å²) in [6.45, 7) is 3.15. The number of alkyl halides is 2. The average molecular weight is 440 g/mol. The van der Waals surface area contributed by atoms with E-state index in [1.807, 2.05) is 12.1 Å². The van der Waals surface area contributed by atoms with Gasteiger partial charge in [0.25, 0.3) is 0 Å². The van der Waals surface area contributed by atoms with E-state index in [-0.39, 0.29) is 11.5 Å². The molecular formula is C23H31Cl2NO3. The molecule has 1 amide bonds. The van der Waals surface area contributed by atoms with Crippen LogP contribution in [0.2, 0.25) is 0 Å². The molecule has 0 spiro atoms. The third-order valence-electron chi connectivity index (χ3n) is 7.82. The van der Waals surface area contributed by atoms with Crippen LogP contribution in [0.4, 0.5) is 4.79 Å². The van der Waals surface area contributed by atoms with Gasteiger partial charge in [-0.3, -0.25) is 0 Å². The molecule has 0 aromatic heterocycles. The van der Waals surface area contributed by atoms with E-state index in [9.17, 15) is 9.90 Å². The van der Waals surface area contributed by atoms with Crippen molar-refractivity contribution in [3.05, 3.63) is 29.3 Å². The Morgan fingerprint density at radius 1 is 1.21 bits per heavy atom. The third kappa shape index (κ3) is 3.88. The molecule has 0 saturated heterocycles. The lowest BCUT2D eigenvalue weighted by molar-refractivity contribution is -0.0226. The van der Waals surface area contributed by atoms with Crippen LogP contribution in [0, 0.1) is 17.3 Å². The molecule has 0 heterocycles. The lowest BCUT2D eigenvalue weighted by Gasteiger charge is -2.50. The van der Waals surface area contributed by atoms with E-state index in [1.165, 1.54) is 11.1 Å². The van der Waals surface area contributed by atoms with E-state index in [4.69, 9.17) is 27.9 Å². The summed E-state index contributed by atoms with van der Waals surface area (Å²) in [6.07, 6.45) is 5.98. The van der Waals surface area contributed by atoms with E-state index < -0.39 is 6.09 Å². The Kier molecular flexibility index (Phi) is 6.34. The summed E-state index contributed by atoms with van der Waals surface area (Å²) in [5.74, 6) is 3.16. The number of fused-ring (bicyclic) bond motifs is 5. The fourth-order valence-electron chi connectivity index (χ4n) is 6.26. The van der Waals surface area contributed by atoms with Crippen LogP contribution in [-0.2, 0) is 6.42 Å². The van der Waals surface area contributed by atoms with Crippen LogP contribution in [-0.4, -0.2) is 47.1 Å². The van der Waals surface area contributed by atoms with Crippen LogP contribution in [0.25, 0.3) is 0 Å². The van der Waals surface area contributed by atoms with E-state index in [1.54, 1.807) is 4.90 Å². The number of benzene rings is 1. The minimum absolute atomic E-state index is 0.0996. The quantitative estimate of drug-likeness (QED) is 0.642. The summed E-state index contributed by atoms with van der Waals surface area (Å²) in [5.41, 5.74) is 2.82. The van der Waals surface area contributed by atoms with Gasteiger partial charge in [-0.1, -0.05) is 13.0 Å². The minimum atomic E-state index is -0.395. The van der Waals surface area contributed by atoms with Crippen LogP contribution < -0.4 is 4.74 Å². The number of hydrogen-bond acceptors (Lipinski definition) is 3. The maximum absolute atomic E-state index is 12.4. The molecule has 1 aromatic rings. The SMILES string of the molecule is C[C@]12CC[C@@H]3c4ccc(OC(=O)N(CCCl)CCCl)cc4CC[C@H]3[C@@H]1CCC2O. The fraction of sp³-hybridized carbons (Fsp3) is 0.696. The number of nitrogens with zero attached hydrogens (tertiary/aromatic N) is 1. The number of ether oxygens (including phenoxy) is 1. The molecule has 3 aliphatic carbocycles. The Labute approximate surface area is 183 Å². The Balaban J connectivity index is 1.49. The van der Waals surface area contributed by atoms with Crippen LogP contribution in [0.15, 0.2) is 18.2 Å². The third-order valence-corrected chi connectivity index (χ3v) is 8.16. The molecular weight excluding hydrogens is 409 g/mol. The van der Waals surface area contributed by atoms with Gasteiger partial charge in [-0.15, -0.1) is 23.2 Å². The van der Waals surface area contributed by atoms with Gasteiger partial charge in [-0.25, -0.2) is 4.79 Å². The molecule has 2 fully saturated rings. The minimum Gasteiger partial charge on any atom is -0.410 e. The number of hydrogen-bond donors (Lipinski definition) is 1. The molecule has 1 unspecified atom stereocenters. The predicted molar refractivity (Wildman–Crippen MR) is 116 cm³/mol. The van der Waals surface area contributed by atoms with Crippen molar-refractivity contribution in [2.75, 3.05) is 24.8 Å². The first-order chi connectivity index (χ1) is 14.0. The standard InChI is InChI=1S/C23H31Cl2NO3/c1-23-9-8-18-17-5-3-16(29-22(28)26(12-10-24)13-11-25)14-15(17)2-4-19(18)20(23)6-7-21(23)27/h3,5,14,18-21,27H,2,4,6-13H2,1H3/t18-,19-,20+,21?,23+/m1/s1. The number of carbonyl (C=O) groups excluding carboxylic acids is 1. The first kappa shape index (κ1) is 21.3. The zero-order valence-electron chi connectivity index (χ0n) is 17.1. The highest BCUT2D eigenvalue weighted by Crippen LogP contribution is 2.60. The number of amides is 1. The number of halogens is 2. The Bertz CT molecular complexity index is 752. The van der Waals surface area contributed by atoms with Gasteiger partial charge in [0.2, 0.25) is 0 Å². The summed E-state index contributed by atoms with van der Waals surface area (Å²) >= 11 is 11.6. The smallest absolute Gasteiger partial charge is 0.410 e. The maximum Gasteiger partial charge on any atom is 0.415 e. The zero-order chi connectivity index (χ0) is 20.6. The average Bonchev–Trinajstić information content (AvgIpc) is 3.02. The van der Waals surface area contributed by atoms with Gasteiger partial charge < -0.3 is 14.7 Å². The van der Waals surface area contributed by atoms with Crippen LogP contribution in [0.1, 0.15) is 56.1 Å². The Morgan fingerprint density at radius 3 is 2.69 bits per heavy atom. The highest BCUT2D eigenvalue weighted by Gasteiger charge is 2.54. The number of aliphatic hydroxyl groups is 1. The Hall–Kier alpha value is -0.970. The molecule has 6 heteroatoms. The van der Waals surface area contributed by atoms with Crippen LogP contribution in [0.3, 0.4) is 0 Å². The van der Waals surface area contributed by atoms with Gasteiger partial charge >= 0.3 is 6.09 Å². The summed E-state index contributed by atoms with van der Waals surface area (Å²) < 4.78 is 5.62. The summed E-state index contributed by atoms with van der Waals surface area (Å²) in [6, 6.07) is 6.13. The van der Waals surface area contributed by atoms with Gasteiger partial charge in [-0.05, 0) is 85.0 Å². The second-order valence-corrected chi connectivity index (χ2v) is 9.90. The van der Waals surface area contributed by atoms with Gasteiger partial charge in [-0.2, -0.15) is 0 Å². The largest absolute Gasteiger partial charge is 0.415 e. The van der Waals surface area contributed by atoms with Crippen molar-refractivity contribution in [2.45, 2.75) is 57.5 Å². The molecule has 29 heavy (non-hydrogen) atoms. The molecule has 3 aliphatic rings. The second-order valence-electron chi connectivity index (χ2n) is 9.15. The van der Waals surface area contributed by atoms with Crippen molar-refractivity contribution in [2.24, 2.45) is 17.3 Å². The molecule has 160 valence electrons. The summed E-state index contributed by atoms with van der Waals surface area (Å²) in [4.78, 5) is 14.0. The van der Waals surface area contributed by atoms with E-state index in [0.717, 1.165) is 38.5 Å². The first-order valence-corrected chi connectivity index (χ1v) is 11.9. The molecule has 0 bridgehead atoms. The van der Waals surface area contributed by atoms with Crippen molar-refractivity contribution in [1.29, 1.82) is 0 Å². The molecule has 0 radical (unpaired) electrons. The Morgan fingerprint density at radius 2 is 1.97 bits per heavy atom. The first-order valence-electron chi connectivity index (χ1n) is 10.9. The van der Waals surface area contributed by atoms with Gasteiger partial charge in [0.1, 0.15) is 5.75 Å².